The summed E-state index contributed by atoms with van der Waals surface area (Å²) in [4.78, 5) is 87.7. The number of carbonyl (C=O) groups excluding carboxylic acids is 3. The van der Waals surface area contributed by atoms with E-state index in [2.05, 4.69) is 16.9 Å². The third kappa shape index (κ3) is 13.3. The molecule has 0 saturated carbocycles. The molecule has 12 nitrogen and oxygen atoms in total. The van der Waals surface area contributed by atoms with E-state index in [1.807, 2.05) is 144 Å². The Morgan fingerprint density at radius 3 is 1.46 bits per heavy atom. The highest BCUT2D eigenvalue weighted by Crippen LogP contribution is 2.37. The number of aromatic nitrogens is 3. The van der Waals surface area contributed by atoms with Crippen molar-refractivity contribution < 1.29 is 34.2 Å². The zero-order chi connectivity index (χ0) is 53.1. The number of amides is 1. The SMILES string of the molecule is Cc1ccc(=O)n([C@@H](C(=O)C[C@@H](CC(=O)O)c2cncc(-c3c(C)cccc3C)c2)c2ccccc2)c1.Cc1cccc(C)c1-c1cncc([C@H](CC(=O)O)CC(=O)[C@@H](c2ccccc2)N2CC(C)CCC2=O)c1. The summed E-state index contributed by atoms with van der Waals surface area (Å²) in [6.07, 6.45) is 9.25. The minimum atomic E-state index is -1.00. The van der Waals surface area contributed by atoms with Gasteiger partial charge in [0.15, 0.2) is 11.6 Å². The van der Waals surface area contributed by atoms with Crippen LogP contribution in [0.4, 0.5) is 0 Å². The van der Waals surface area contributed by atoms with Crippen LogP contribution in [0.1, 0.15) is 119 Å². The number of carbonyl (C=O) groups is 5. The third-order valence-corrected chi connectivity index (χ3v) is 13.9. The highest BCUT2D eigenvalue weighted by molar-refractivity contribution is 5.91. The lowest BCUT2D eigenvalue weighted by Gasteiger charge is -2.37. The van der Waals surface area contributed by atoms with Crippen LogP contribution in [0.5, 0.6) is 0 Å². The minimum absolute atomic E-state index is 0.00189. The van der Waals surface area contributed by atoms with Crippen LogP contribution in [-0.2, 0) is 24.0 Å². The Labute approximate surface area is 432 Å². The second-order valence-electron chi connectivity index (χ2n) is 19.7. The number of carboxylic acids is 2. The zero-order valence-corrected chi connectivity index (χ0v) is 42.9. The quantitative estimate of drug-likeness (QED) is 0.0841. The smallest absolute Gasteiger partial charge is 0.303 e. The first-order valence-corrected chi connectivity index (χ1v) is 25.1. The second kappa shape index (κ2) is 24.5. The number of piperidine rings is 1. The maximum absolute atomic E-state index is 13.9. The Morgan fingerprint density at radius 2 is 1.00 bits per heavy atom. The maximum atomic E-state index is 13.9. The van der Waals surface area contributed by atoms with Gasteiger partial charge in [0, 0.05) is 85.8 Å². The number of carboxylic acid groups (broad SMARTS) is 2. The number of Topliss-reactive ketones (excluding diaryl/α,β-unsaturated/α-hetero) is 2. The van der Waals surface area contributed by atoms with Gasteiger partial charge >= 0.3 is 11.9 Å². The van der Waals surface area contributed by atoms with Gasteiger partial charge in [-0.2, -0.15) is 0 Å². The predicted molar refractivity (Wildman–Crippen MR) is 287 cm³/mol. The molecule has 74 heavy (non-hydrogen) atoms. The highest BCUT2D eigenvalue weighted by atomic mass is 16.4. The van der Waals surface area contributed by atoms with Crippen LogP contribution in [0.25, 0.3) is 22.3 Å². The van der Waals surface area contributed by atoms with E-state index in [1.165, 1.54) is 10.6 Å². The fourth-order valence-corrected chi connectivity index (χ4v) is 10.3. The first kappa shape index (κ1) is 53.7. The first-order chi connectivity index (χ1) is 35.5. The van der Waals surface area contributed by atoms with E-state index < -0.39 is 35.9 Å². The number of ketones is 2. The highest BCUT2D eigenvalue weighted by Gasteiger charge is 2.36. The number of likely N-dealkylation sites (tertiary alicyclic amines) is 1. The molecular weight excluding hydrogens is 929 g/mol. The fourth-order valence-electron chi connectivity index (χ4n) is 10.3. The van der Waals surface area contributed by atoms with Gasteiger partial charge in [-0.1, -0.05) is 110 Å². The van der Waals surface area contributed by atoms with E-state index in [9.17, 15) is 39.0 Å². The van der Waals surface area contributed by atoms with Gasteiger partial charge in [-0.25, -0.2) is 0 Å². The number of hydrogen-bond acceptors (Lipinski definition) is 8. The molecule has 2 N–H and O–H groups in total. The summed E-state index contributed by atoms with van der Waals surface area (Å²) in [6.45, 7) is 12.6. The molecule has 1 saturated heterocycles. The molecule has 0 aliphatic carbocycles. The number of rotatable bonds is 18. The molecule has 380 valence electrons. The number of benzene rings is 4. The van der Waals surface area contributed by atoms with Crippen LogP contribution in [0.2, 0.25) is 0 Å². The predicted octanol–water partition coefficient (Wildman–Crippen LogP) is 11.5. The Kier molecular flexibility index (Phi) is 17.8. The Balaban J connectivity index is 0.000000216. The van der Waals surface area contributed by atoms with Gasteiger partial charge in [-0.3, -0.25) is 38.7 Å². The van der Waals surface area contributed by atoms with E-state index in [1.54, 1.807) is 42.0 Å². The normalized spacial score (nSPS) is 15.0. The van der Waals surface area contributed by atoms with Gasteiger partial charge in [-0.15, -0.1) is 0 Å². The molecule has 0 radical (unpaired) electrons. The average Bonchev–Trinajstić information content (AvgIpc) is 3.36. The Bertz CT molecular complexity index is 3160. The van der Waals surface area contributed by atoms with Crippen molar-refractivity contribution in [2.24, 2.45) is 5.92 Å². The average molecular weight is 993 g/mol. The number of aryl methyl sites for hydroxylation is 5. The van der Waals surface area contributed by atoms with E-state index in [0.29, 0.717) is 35.6 Å². The molecule has 12 heteroatoms. The number of hydrogen-bond donors (Lipinski definition) is 2. The second-order valence-corrected chi connectivity index (χ2v) is 19.7. The molecule has 4 heterocycles. The van der Waals surface area contributed by atoms with Crippen molar-refractivity contribution in [2.45, 2.75) is 104 Å². The van der Waals surface area contributed by atoms with E-state index in [-0.39, 0.29) is 48.7 Å². The first-order valence-electron chi connectivity index (χ1n) is 25.1. The lowest BCUT2D eigenvalue weighted by Crippen LogP contribution is -2.44. The van der Waals surface area contributed by atoms with Gasteiger partial charge in [-0.05, 0) is 120 Å². The Hall–Kier alpha value is -8.12. The summed E-state index contributed by atoms with van der Waals surface area (Å²) in [5.74, 6) is -3.27. The van der Waals surface area contributed by atoms with Crippen LogP contribution >= 0.6 is 0 Å². The van der Waals surface area contributed by atoms with Crippen LogP contribution < -0.4 is 5.56 Å². The zero-order valence-electron chi connectivity index (χ0n) is 42.9. The summed E-state index contributed by atoms with van der Waals surface area (Å²) >= 11 is 0. The van der Waals surface area contributed by atoms with Crippen molar-refractivity contribution in [1.82, 2.24) is 19.4 Å². The standard InChI is InChI=1S/C31H34N2O4.C31H30N2O4/c2*1-20-12-13-28(35)33(19-20)31(23-10-5-4-6-11-23)27(34)15-24(16-29(36)37)25-14-26(18-32-17-25)30-21(2)8-7-9-22(30)3/h4-11,14,17-18,20,24,31H,12-13,15-16,19H2,1-3H3,(H,36,37);4-14,17-19,24,31H,15-16H2,1-3H3,(H,36,37)/t20?,24-,31+;24-,31+/m00/s1. The summed E-state index contributed by atoms with van der Waals surface area (Å²) in [5, 5.41) is 19.4. The van der Waals surface area contributed by atoms with E-state index in [4.69, 9.17) is 0 Å². The van der Waals surface area contributed by atoms with Crippen molar-refractivity contribution in [2.75, 3.05) is 6.54 Å². The molecule has 0 bridgehead atoms. The maximum Gasteiger partial charge on any atom is 0.303 e. The van der Waals surface area contributed by atoms with Crippen LogP contribution in [0.15, 0.2) is 157 Å². The van der Waals surface area contributed by atoms with Gasteiger partial charge in [0.25, 0.3) is 5.56 Å². The molecule has 8 rings (SSSR count). The molecule has 5 atom stereocenters. The van der Waals surface area contributed by atoms with Gasteiger partial charge in [0.1, 0.15) is 12.1 Å². The third-order valence-electron chi connectivity index (χ3n) is 13.9. The number of pyridine rings is 3. The van der Waals surface area contributed by atoms with Crippen molar-refractivity contribution in [3.8, 4) is 22.3 Å². The molecule has 1 fully saturated rings. The molecular formula is C62H64N4O8. The summed E-state index contributed by atoms with van der Waals surface area (Å²) in [7, 11) is 0. The lowest BCUT2D eigenvalue weighted by molar-refractivity contribution is -0.144. The summed E-state index contributed by atoms with van der Waals surface area (Å²) in [6, 6.07) is 36.0. The lowest BCUT2D eigenvalue weighted by atomic mass is 9.85. The molecule has 3 aromatic heterocycles. The molecule has 0 spiro atoms. The van der Waals surface area contributed by atoms with E-state index in [0.717, 1.165) is 62.1 Å². The number of nitrogens with zero attached hydrogens (tertiary/aromatic N) is 4. The molecule has 1 aliphatic heterocycles. The molecule has 1 unspecified atom stereocenters. The van der Waals surface area contributed by atoms with Crippen LogP contribution in [-0.4, -0.2) is 65.6 Å². The number of aliphatic carboxylic acids is 2. The van der Waals surface area contributed by atoms with Gasteiger partial charge in [0.2, 0.25) is 5.91 Å². The minimum Gasteiger partial charge on any atom is -0.481 e. The van der Waals surface area contributed by atoms with Gasteiger partial charge in [0.05, 0.1) is 12.8 Å². The molecule has 1 aliphatic rings. The van der Waals surface area contributed by atoms with Crippen molar-refractivity contribution in [3.63, 3.8) is 0 Å². The molecule has 1 amide bonds. The Morgan fingerprint density at radius 1 is 0.554 bits per heavy atom. The van der Waals surface area contributed by atoms with Crippen LogP contribution in [0, 0.1) is 40.5 Å². The van der Waals surface area contributed by atoms with Crippen LogP contribution in [0.3, 0.4) is 0 Å². The topological polar surface area (TPSA) is 177 Å². The molecule has 7 aromatic rings. The summed E-state index contributed by atoms with van der Waals surface area (Å²) < 4.78 is 1.44. The summed E-state index contributed by atoms with van der Waals surface area (Å²) in [5.41, 5.74) is 11.7. The monoisotopic (exact) mass is 992 g/mol. The van der Waals surface area contributed by atoms with Gasteiger partial charge < -0.3 is 19.7 Å². The van der Waals surface area contributed by atoms with Crippen molar-refractivity contribution >= 4 is 29.4 Å². The van der Waals surface area contributed by atoms with E-state index >= 15 is 0 Å². The van der Waals surface area contributed by atoms with Crippen molar-refractivity contribution in [3.05, 3.63) is 213 Å². The largest absolute Gasteiger partial charge is 0.481 e. The fraction of sp³-hybridized carbons (Fsp3) is 0.290. The van der Waals surface area contributed by atoms with Crippen molar-refractivity contribution in [1.29, 1.82) is 0 Å². The molecule has 4 aromatic carbocycles.